The Bertz CT molecular complexity index is 1140. The predicted octanol–water partition coefficient (Wildman–Crippen LogP) is 6.59. The first-order valence-corrected chi connectivity index (χ1v) is 10.2. The maximum atomic E-state index is 12.7. The number of carbonyl (C=O) groups is 1. The quantitative estimate of drug-likeness (QED) is 0.405. The number of Topliss-reactive ketones (excluding diaryl/α,β-unsaturated/α-hetero) is 1. The number of carbonyl (C=O) groups excluding carboxylic acids is 1. The van der Waals surface area contributed by atoms with E-state index in [0.29, 0.717) is 39.5 Å². The second-order valence-electron chi connectivity index (χ2n) is 6.59. The third-order valence-corrected chi connectivity index (χ3v) is 5.14. The van der Waals surface area contributed by atoms with Crippen molar-refractivity contribution in [1.29, 1.82) is 0 Å². The van der Waals surface area contributed by atoms with Gasteiger partial charge in [-0.05, 0) is 43.3 Å². The molecule has 3 aromatic rings. The molecule has 1 heterocycles. The number of allylic oxidation sites excluding steroid dienone is 1. The van der Waals surface area contributed by atoms with E-state index in [1.165, 1.54) is 0 Å². The number of hydrogen-bond donors (Lipinski definition) is 0. The molecule has 30 heavy (non-hydrogen) atoms. The minimum absolute atomic E-state index is 0.177. The number of benzene rings is 3. The lowest BCUT2D eigenvalue weighted by Crippen LogP contribution is -1.99. The van der Waals surface area contributed by atoms with Gasteiger partial charge in [0.1, 0.15) is 23.9 Å². The van der Waals surface area contributed by atoms with Gasteiger partial charge in [0.2, 0.25) is 5.78 Å². The van der Waals surface area contributed by atoms with Crippen LogP contribution in [-0.2, 0) is 6.61 Å². The van der Waals surface area contributed by atoms with Crippen molar-refractivity contribution >= 4 is 35.1 Å². The minimum atomic E-state index is -0.177. The van der Waals surface area contributed by atoms with Crippen molar-refractivity contribution in [2.24, 2.45) is 0 Å². The highest BCUT2D eigenvalue weighted by atomic mass is 35.5. The summed E-state index contributed by atoms with van der Waals surface area (Å²) in [7, 11) is 0. The standard InChI is InChI=1S/C24H18Cl2O4/c1-2-28-21-6-4-3-5-15(21)11-23-24(27)19-10-9-18(13-22(19)30-23)29-14-16-7-8-17(25)12-20(16)26/h3-13H,2,14H2,1H3/b23-11-. The summed E-state index contributed by atoms with van der Waals surface area (Å²) in [6.07, 6.45) is 1.70. The number of ketones is 1. The molecule has 3 aromatic carbocycles. The summed E-state index contributed by atoms with van der Waals surface area (Å²) in [6.45, 7) is 2.72. The lowest BCUT2D eigenvalue weighted by Gasteiger charge is -2.09. The van der Waals surface area contributed by atoms with Gasteiger partial charge in [0.25, 0.3) is 0 Å². The predicted molar refractivity (Wildman–Crippen MR) is 118 cm³/mol. The lowest BCUT2D eigenvalue weighted by molar-refractivity contribution is 0.101. The highest BCUT2D eigenvalue weighted by molar-refractivity contribution is 6.35. The van der Waals surface area contributed by atoms with Gasteiger partial charge in [0, 0.05) is 27.2 Å². The molecule has 0 radical (unpaired) electrons. The van der Waals surface area contributed by atoms with Gasteiger partial charge in [-0.25, -0.2) is 0 Å². The average Bonchev–Trinajstić information content (AvgIpc) is 3.04. The van der Waals surface area contributed by atoms with Crippen LogP contribution in [0.3, 0.4) is 0 Å². The molecule has 0 amide bonds. The molecule has 0 spiro atoms. The molecule has 0 atom stereocenters. The Labute approximate surface area is 184 Å². The van der Waals surface area contributed by atoms with E-state index in [1.807, 2.05) is 37.3 Å². The van der Waals surface area contributed by atoms with Crippen molar-refractivity contribution in [3.63, 3.8) is 0 Å². The first-order valence-electron chi connectivity index (χ1n) is 9.42. The van der Waals surface area contributed by atoms with Crippen LogP contribution in [0.1, 0.15) is 28.4 Å². The Kier molecular flexibility index (Phi) is 5.98. The topological polar surface area (TPSA) is 44.8 Å². The van der Waals surface area contributed by atoms with Crippen LogP contribution < -0.4 is 14.2 Å². The summed E-state index contributed by atoms with van der Waals surface area (Å²) in [4.78, 5) is 12.7. The fourth-order valence-electron chi connectivity index (χ4n) is 3.08. The first-order chi connectivity index (χ1) is 14.5. The second kappa shape index (κ2) is 8.82. The molecule has 4 rings (SSSR count). The molecule has 0 aromatic heterocycles. The molecule has 0 N–H and O–H groups in total. The maximum absolute atomic E-state index is 12.7. The molecule has 0 saturated carbocycles. The van der Waals surface area contributed by atoms with Gasteiger partial charge in [-0.15, -0.1) is 0 Å². The SMILES string of the molecule is CCOc1ccccc1/C=C1\Oc2cc(OCc3ccc(Cl)cc3Cl)ccc2C1=O. The van der Waals surface area contributed by atoms with E-state index in [2.05, 4.69) is 0 Å². The number of hydrogen-bond acceptors (Lipinski definition) is 4. The zero-order valence-electron chi connectivity index (χ0n) is 16.2. The van der Waals surface area contributed by atoms with E-state index in [1.54, 1.807) is 36.4 Å². The van der Waals surface area contributed by atoms with Crippen LogP contribution in [0.5, 0.6) is 17.2 Å². The number of rotatable bonds is 6. The highest BCUT2D eigenvalue weighted by Gasteiger charge is 2.28. The van der Waals surface area contributed by atoms with Crippen LogP contribution >= 0.6 is 23.2 Å². The van der Waals surface area contributed by atoms with E-state index >= 15 is 0 Å². The Morgan fingerprint density at radius 2 is 1.83 bits per heavy atom. The fraction of sp³-hybridized carbons (Fsp3) is 0.125. The van der Waals surface area contributed by atoms with Gasteiger partial charge in [0.15, 0.2) is 5.76 Å². The highest BCUT2D eigenvalue weighted by Crippen LogP contribution is 2.36. The van der Waals surface area contributed by atoms with Crippen molar-refractivity contribution in [2.45, 2.75) is 13.5 Å². The zero-order valence-corrected chi connectivity index (χ0v) is 17.7. The van der Waals surface area contributed by atoms with Gasteiger partial charge in [-0.1, -0.05) is 47.5 Å². The van der Waals surface area contributed by atoms with Crippen LogP contribution in [0.25, 0.3) is 6.08 Å². The summed E-state index contributed by atoms with van der Waals surface area (Å²) >= 11 is 12.1. The van der Waals surface area contributed by atoms with Crippen molar-refractivity contribution in [1.82, 2.24) is 0 Å². The largest absolute Gasteiger partial charge is 0.493 e. The average molecular weight is 441 g/mol. The van der Waals surface area contributed by atoms with E-state index < -0.39 is 0 Å². The van der Waals surface area contributed by atoms with Crippen LogP contribution in [0.4, 0.5) is 0 Å². The number of ether oxygens (including phenoxy) is 3. The van der Waals surface area contributed by atoms with Crippen LogP contribution in [-0.4, -0.2) is 12.4 Å². The Balaban J connectivity index is 1.53. The van der Waals surface area contributed by atoms with Gasteiger partial charge < -0.3 is 14.2 Å². The Morgan fingerprint density at radius 1 is 1.00 bits per heavy atom. The van der Waals surface area contributed by atoms with Crippen molar-refractivity contribution < 1.29 is 19.0 Å². The molecule has 152 valence electrons. The zero-order chi connectivity index (χ0) is 21.1. The smallest absolute Gasteiger partial charge is 0.231 e. The summed E-state index contributed by atoms with van der Waals surface area (Å²) in [5, 5.41) is 1.10. The molecule has 1 aliphatic heterocycles. The van der Waals surface area contributed by atoms with Crippen LogP contribution in [0.15, 0.2) is 66.4 Å². The van der Waals surface area contributed by atoms with Gasteiger partial charge in [-0.2, -0.15) is 0 Å². The van der Waals surface area contributed by atoms with Crippen LogP contribution in [0.2, 0.25) is 10.0 Å². The van der Waals surface area contributed by atoms with Crippen molar-refractivity contribution in [3.8, 4) is 17.2 Å². The third kappa shape index (κ3) is 4.30. The van der Waals surface area contributed by atoms with Crippen molar-refractivity contribution in [3.05, 3.63) is 93.2 Å². The molecule has 0 unspecified atom stereocenters. The lowest BCUT2D eigenvalue weighted by atomic mass is 10.1. The van der Waals surface area contributed by atoms with E-state index in [-0.39, 0.29) is 18.1 Å². The number of halogens is 2. The molecule has 1 aliphatic rings. The Hall–Kier alpha value is -2.95. The van der Waals surface area contributed by atoms with Gasteiger partial charge in [-0.3, -0.25) is 4.79 Å². The molecule has 0 saturated heterocycles. The third-order valence-electron chi connectivity index (χ3n) is 4.56. The molecule has 4 nitrogen and oxygen atoms in total. The van der Waals surface area contributed by atoms with E-state index in [4.69, 9.17) is 37.4 Å². The molecule has 0 aliphatic carbocycles. The number of para-hydroxylation sites is 1. The van der Waals surface area contributed by atoms with Crippen LogP contribution in [0, 0.1) is 0 Å². The Morgan fingerprint density at radius 3 is 2.63 bits per heavy atom. The normalized spacial score (nSPS) is 13.8. The van der Waals surface area contributed by atoms with E-state index in [9.17, 15) is 4.79 Å². The molecular weight excluding hydrogens is 423 g/mol. The molecule has 0 bridgehead atoms. The molecule has 0 fully saturated rings. The maximum Gasteiger partial charge on any atom is 0.231 e. The summed E-state index contributed by atoms with van der Waals surface area (Å²) in [6, 6.07) is 17.9. The first kappa shape index (κ1) is 20.3. The molecule has 6 heteroatoms. The van der Waals surface area contributed by atoms with Gasteiger partial charge in [0.05, 0.1) is 12.2 Å². The summed E-state index contributed by atoms with van der Waals surface area (Å²) in [5.74, 6) is 1.80. The van der Waals surface area contributed by atoms with E-state index in [0.717, 1.165) is 11.1 Å². The van der Waals surface area contributed by atoms with Gasteiger partial charge >= 0.3 is 0 Å². The molecular formula is C24H18Cl2O4. The summed E-state index contributed by atoms with van der Waals surface area (Å²) in [5.41, 5.74) is 2.09. The minimum Gasteiger partial charge on any atom is -0.493 e. The van der Waals surface area contributed by atoms with Crippen molar-refractivity contribution in [2.75, 3.05) is 6.61 Å². The summed E-state index contributed by atoms with van der Waals surface area (Å²) < 4.78 is 17.3. The fourth-order valence-corrected chi connectivity index (χ4v) is 3.55. The second-order valence-corrected chi connectivity index (χ2v) is 7.44. The monoisotopic (exact) mass is 440 g/mol. The number of fused-ring (bicyclic) bond motifs is 1.